The van der Waals surface area contributed by atoms with Crippen molar-refractivity contribution in [2.75, 3.05) is 7.11 Å². The number of hydrogen-bond acceptors (Lipinski definition) is 7. The maximum Gasteiger partial charge on any atom is 0.389 e. The minimum atomic E-state index is -4.44. The summed E-state index contributed by atoms with van der Waals surface area (Å²) in [6.07, 6.45) is -1.97. The van der Waals surface area contributed by atoms with Gasteiger partial charge < -0.3 is 20.3 Å². The number of nitrogens with one attached hydrogen (secondary N) is 1. The summed E-state index contributed by atoms with van der Waals surface area (Å²) >= 11 is 0. The van der Waals surface area contributed by atoms with Gasteiger partial charge in [0, 0.05) is 19.3 Å². The van der Waals surface area contributed by atoms with E-state index in [1.54, 1.807) is 12.3 Å². The molecule has 3 aromatic rings. The second kappa shape index (κ2) is 10.9. The van der Waals surface area contributed by atoms with Crippen molar-refractivity contribution < 1.29 is 40.8 Å². The molecule has 0 spiro atoms. The lowest BCUT2D eigenvalue weighted by Crippen LogP contribution is -2.30. The van der Waals surface area contributed by atoms with Crippen LogP contribution in [0.3, 0.4) is 0 Å². The van der Waals surface area contributed by atoms with Crippen molar-refractivity contribution in [1.29, 1.82) is 0 Å². The predicted octanol–water partition coefficient (Wildman–Crippen LogP) is 4.69. The second-order valence-electron chi connectivity index (χ2n) is 10.7. The Kier molecular flexibility index (Phi) is 7.64. The molecular weight excluding hydrogens is 555 g/mol. The Morgan fingerprint density at radius 2 is 1.93 bits per heavy atom. The van der Waals surface area contributed by atoms with E-state index in [-0.39, 0.29) is 54.7 Å². The molecule has 2 aliphatic rings. The molecule has 3 aromatic heterocycles. The summed E-state index contributed by atoms with van der Waals surface area (Å²) in [7, 11) is 1.31. The van der Waals surface area contributed by atoms with Gasteiger partial charge in [-0.25, -0.2) is 18.3 Å². The summed E-state index contributed by atoms with van der Waals surface area (Å²) in [5, 5.41) is 10.9. The maximum absolute atomic E-state index is 14.0. The van der Waals surface area contributed by atoms with Crippen LogP contribution in [0.1, 0.15) is 90.8 Å². The molecule has 3 heterocycles. The average Bonchev–Trinajstić information content (AvgIpc) is 3.51. The van der Waals surface area contributed by atoms with Crippen LogP contribution in [0.15, 0.2) is 23.0 Å². The quantitative estimate of drug-likeness (QED) is 0.330. The summed E-state index contributed by atoms with van der Waals surface area (Å²) in [4.78, 5) is 28.9. The first-order chi connectivity index (χ1) is 19.3. The molecule has 10 nitrogen and oxygen atoms in total. The van der Waals surface area contributed by atoms with Crippen LogP contribution >= 0.6 is 0 Å². The predicted molar refractivity (Wildman–Crippen MR) is 132 cm³/mol. The zero-order valence-corrected chi connectivity index (χ0v) is 22.1. The minimum absolute atomic E-state index is 0.000838. The van der Waals surface area contributed by atoms with Crippen molar-refractivity contribution in [3.63, 3.8) is 0 Å². The van der Waals surface area contributed by atoms with Crippen LogP contribution in [-0.4, -0.2) is 50.8 Å². The zero-order chi connectivity index (χ0) is 29.5. The highest BCUT2D eigenvalue weighted by Gasteiger charge is 2.43. The number of ether oxygens (including phenoxy) is 1. The molecule has 41 heavy (non-hydrogen) atoms. The summed E-state index contributed by atoms with van der Waals surface area (Å²) in [6.45, 7) is 0. The average molecular weight is 585 g/mol. The number of carbonyl (C=O) groups excluding carboxylic acids is 2. The topological polar surface area (TPSA) is 138 Å². The number of halogens is 5. The third-order valence-electron chi connectivity index (χ3n) is 7.71. The molecule has 0 bridgehead atoms. The zero-order valence-electron chi connectivity index (χ0n) is 22.1. The number of imidazole rings is 1. The normalized spacial score (nSPS) is 19.2. The molecule has 2 fully saturated rings. The Balaban J connectivity index is 1.47. The number of alkyl halides is 5. The van der Waals surface area contributed by atoms with Gasteiger partial charge in [0.15, 0.2) is 17.2 Å². The van der Waals surface area contributed by atoms with Crippen LogP contribution < -0.4 is 15.8 Å². The molecule has 222 valence electrons. The Hall–Kier alpha value is -3.78. The van der Waals surface area contributed by atoms with E-state index >= 15 is 0 Å². The monoisotopic (exact) mass is 584 g/mol. The molecule has 0 aliphatic heterocycles. The molecule has 0 saturated heterocycles. The molecule has 2 amide bonds. The number of primary amides is 1. The Labute approximate surface area is 230 Å². The fourth-order valence-electron chi connectivity index (χ4n) is 5.47. The smallest absolute Gasteiger partial charge is 0.389 e. The number of nitrogens with zero attached hydrogens (tertiary/aromatic N) is 4. The largest absolute Gasteiger partial charge is 0.491 e. The standard InChI is InChI=1S/C26H29F5N6O4/c1-40-23-21(24(32)39)36-41-22(23)19(13-4-7-25(27,28)8-5-13)16-12-37-17(34-16)10-15(11-33-37)20(14-2-3-14)35-18(38)6-9-26(29,30)31/h10-14,19-20H,2-9H2,1H3,(H2,32,39)(H,35,38)/t19-,20+/m0/s1. The number of rotatable bonds is 10. The van der Waals surface area contributed by atoms with Gasteiger partial charge in [0.05, 0.1) is 43.6 Å². The highest BCUT2D eigenvalue weighted by atomic mass is 19.4. The molecule has 15 heteroatoms. The molecule has 2 saturated carbocycles. The fourth-order valence-corrected chi connectivity index (χ4v) is 5.47. The number of fused-ring (bicyclic) bond motifs is 1. The summed E-state index contributed by atoms with van der Waals surface area (Å²) < 4.78 is 78.2. The van der Waals surface area contributed by atoms with Crippen molar-refractivity contribution in [2.45, 2.75) is 75.4 Å². The lowest BCUT2D eigenvalue weighted by Gasteiger charge is -2.32. The van der Waals surface area contributed by atoms with E-state index in [2.05, 4.69) is 15.6 Å². The first-order valence-electron chi connectivity index (χ1n) is 13.3. The molecule has 5 rings (SSSR count). The molecule has 0 unspecified atom stereocenters. The first-order valence-corrected chi connectivity index (χ1v) is 13.3. The Bertz CT molecular complexity index is 1420. The molecule has 0 aromatic carbocycles. The van der Waals surface area contributed by atoms with Crippen LogP contribution in [0, 0.1) is 11.8 Å². The summed E-state index contributed by atoms with van der Waals surface area (Å²) in [5.74, 6) is -5.25. The van der Waals surface area contributed by atoms with E-state index in [4.69, 9.17) is 20.0 Å². The van der Waals surface area contributed by atoms with Crippen molar-refractivity contribution in [2.24, 2.45) is 17.6 Å². The van der Waals surface area contributed by atoms with Gasteiger partial charge in [0.25, 0.3) is 5.91 Å². The van der Waals surface area contributed by atoms with Crippen LogP contribution in [0.2, 0.25) is 0 Å². The molecule has 3 N–H and O–H groups in total. The number of hydrogen-bond donors (Lipinski definition) is 2. The SMILES string of the molecule is COc1c(C(N)=O)noc1[C@H](c1cn2ncc([C@H](NC(=O)CCC(F)(F)F)C3CC3)cc2n1)C1CCC(F)(F)CC1. The van der Waals surface area contributed by atoms with E-state index in [9.17, 15) is 31.5 Å². The van der Waals surface area contributed by atoms with E-state index in [0.29, 0.717) is 16.9 Å². The van der Waals surface area contributed by atoms with Crippen molar-refractivity contribution in [3.05, 3.63) is 41.2 Å². The van der Waals surface area contributed by atoms with Crippen molar-refractivity contribution >= 4 is 17.5 Å². The van der Waals surface area contributed by atoms with E-state index in [1.807, 2.05) is 0 Å². The van der Waals surface area contributed by atoms with Gasteiger partial charge in [-0.2, -0.15) is 18.3 Å². The van der Waals surface area contributed by atoms with Gasteiger partial charge in [-0.15, -0.1) is 0 Å². The van der Waals surface area contributed by atoms with Gasteiger partial charge in [0.1, 0.15) is 0 Å². The number of aromatic nitrogens is 4. The maximum atomic E-state index is 14.0. The van der Waals surface area contributed by atoms with Gasteiger partial charge in [-0.3, -0.25) is 9.59 Å². The molecule has 2 aliphatic carbocycles. The van der Waals surface area contributed by atoms with Crippen LogP contribution in [-0.2, 0) is 4.79 Å². The number of amides is 2. The number of nitrogens with two attached hydrogens (primary N) is 1. The van der Waals surface area contributed by atoms with E-state index in [1.165, 1.54) is 17.8 Å². The number of methoxy groups -OCH3 is 1. The third kappa shape index (κ3) is 6.43. The van der Waals surface area contributed by atoms with Gasteiger partial charge in [-0.05, 0) is 49.1 Å². The van der Waals surface area contributed by atoms with Gasteiger partial charge in [0.2, 0.25) is 17.5 Å². The highest BCUT2D eigenvalue weighted by Crippen LogP contribution is 2.47. The van der Waals surface area contributed by atoms with Crippen molar-refractivity contribution in [1.82, 2.24) is 25.1 Å². The Morgan fingerprint density at radius 3 is 2.54 bits per heavy atom. The molecular formula is C26H29F5N6O4. The fraction of sp³-hybridized carbons (Fsp3) is 0.577. The number of carbonyl (C=O) groups is 2. The molecule has 0 radical (unpaired) electrons. The van der Waals surface area contributed by atoms with Crippen LogP contribution in [0.4, 0.5) is 22.0 Å². The summed E-state index contributed by atoms with van der Waals surface area (Å²) in [6, 6.07) is 1.15. The Morgan fingerprint density at radius 1 is 1.22 bits per heavy atom. The first kappa shape index (κ1) is 28.7. The third-order valence-corrected chi connectivity index (χ3v) is 7.71. The van der Waals surface area contributed by atoms with Gasteiger partial charge >= 0.3 is 6.18 Å². The van der Waals surface area contributed by atoms with Crippen LogP contribution in [0.5, 0.6) is 5.75 Å². The van der Waals surface area contributed by atoms with E-state index in [0.717, 1.165) is 12.8 Å². The van der Waals surface area contributed by atoms with E-state index < -0.39 is 48.7 Å². The second-order valence-corrected chi connectivity index (χ2v) is 10.7. The summed E-state index contributed by atoms with van der Waals surface area (Å²) in [5.41, 5.74) is 6.54. The van der Waals surface area contributed by atoms with Gasteiger partial charge in [-0.1, -0.05) is 5.16 Å². The molecule has 2 atom stereocenters. The lowest BCUT2D eigenvalue weighted by molar-refractivity contribution is -0.144. The highest BCUT2D eigenvalue weighted by molar-refractivity contribution is 5.93. The van der Waals surface area contributed by atoms with Crippen molar-refractivity contribution in [3.8, 4) is 5.75 Å². The lowest BCUT2D eigenvalue weighted by atomic mass is 9.76. The minimum Gasteiger partial charge on any atom is -0.491 e. The van der Waals surface area contributed by atoms with Crippen LogP contribution in [0.25, 0.3) is 5.65 Å².